The fourth-order valence-electron chi connectivity index (χ4n) is 4.52. The van der Waals surface area contributed by atoms with Crippen LogP contribution in [0.5, 0.6) is 5.75 Å². The SMILES string of the molecule is O=C(NCc1ccc(F)cc1)Nc1n[nH]c2cc(OCc3ccc4c(c3)C(=O)c3ccccc3C4=O)ccc12. The normalized spacial score (nSPS) is 12.1. The van der Waals surface area contributed by atoms with Crippen molar-refractivity contribution in [2.45, 2.75) is 13.2 Å². The van der Waals surface area contributed by atoms with E-state index in [0.717, 1.165) is 11.1 Å². The Hall–Kier alpha value is -5.31. The maximum Gasteiger partial charge on any atom is 0.320 e. The lowest BCUT2D eigenvalue weighted by atomic mass is 9.83. The predicted octanol–water partition coefficient (Wildman–Crippen LogP) is 5.38. The molecular formula is C30H21FN4O4. The van der Waals surface area contributed by atoms with Crippen molar-refractivity contribution in [3.05, 3.63) is 124 Å². The molecule has 0 aliphatic heterocycles. The molecule has 8 nitrogen and oxygen atoms in total. The van der Waals surface area contributed by atoms with Crippen molar-refractivity contribution in [1.82, 2.24) is 15.5 Å². The molecule has 1 aromatic heterocycles. The smallest absolute Gasteiger partial charge is 0.320 e. The van der Waals surface area contributed by atoms with Gasteiger partial charge in [0.15, 0.2) is 17.4 Å². The quantitative estimate of drug-likeness (QED) is 0.273. The summed E-state index contributed by atoms with van der Waals surface area (Å²) in [4.78, 5) is 38.1. The van der Waals surface area contributed by atoms with E-state index in [1.807, 2.05) is 0 Å². The van der Waals surface area contributed by atoms with Crippen LogP contribution < -0.4 is 15.4 Å². The van der Waals surface area contributed by atoms with E-state index >= 15 is 0 Å². The number of nitrogens with zero attached hydrogens (tertiary/aromatic N) is 1. The van der Waals surface area contributed by atoms with Crippen molar-refractivity contribution in [2.75, 3.05) is 5.32 Å². The molecule has 39 heavy (non-hydrogen) atoms. The van der Waals surface area contributed by atoms with Gasteiger partial charge in [0.25, 0.3) is 0 Å². The fraction of sp³-hybridized carbons (Fsp3) is 0.0667. The molecule has 9 heteroatoms. The number of rotatable bonds is 6. The number of benzene rings is 4. The highest BCUT2D eigenvalue weighted by Gasteiger charge is 2.29. The molecule has 1 aliphatic rings. The highest BCUT2D eigenvalue weighted by atomic mass is 19.1. The van der Waals surface area contributed by atoms with Crippen molar-refractivity contribution in [1.29, 1.82) is 0 Å². The number of anilines is 1. The van der Waals surface area contributed by atoms with Crippen LogP contribution in [0, 0.1) is 5.82 Å². The van der Waals surface area contributed by atoms with E-state index in [0.29, 0.717) is 44.7 Å². The monoisotopic (exact) mass is 520 g/mol. The zero-order chi connectivity index (χ0) is 26.9. The van der Waals surface area contributed by atoms with Gasteiger partial charge in [0.1, 0.15) is 18.2 Å². The number of amides is 2. The third kappa shape index (κ3) is 4.73. The summed E-state index contributed by atoms with van der Waals surface area (Å²) in [6.07, 6.45) is 0. The largest absolute Gasteiger partial charge is 0.489 e. The molecular weight excluding hydrogens is 499 g/mol. The molecule has 0 radical (unpaired) electrons. The second-order valence-electron chi connectivity index (χ2n) is 9.09. The highest BCUT2D eigenvalue weighted by Crippen LogP contribution is 2.29. The summed E-state index contributed by atoms with van der Waals surface area (Å²) < 4.78 is 19.0. The van der Waals surface area contributed by atoms with Crippen molar-refractivity contribution in [3.63, 3.8) is 0 Å². The van der Waals surface area contributed by atoms with Gasteiger partial charge in [0.2, 0.25) is 0 Å². The fourth-order valence-corrected chi connectivity index (χ4v) is 4.52. The van der Waals surface area contributed by atoms with Crippen LogP contribution in [0.2, 0.25) is 0 Å². The lowest BCUT2D eigenvalue weighted by molar-refractivity contribution is 0.0979. The topological polar surface area (TPSA) is 113 Å². The molecule has 0 saturated heterocycles. The van der Waals surface area contributed by atoms with Gasteiger partial charge in [-0.2, -0.15) is 5.10 Å². The average molecular weight is 521 g/mol. The number of aromatic nitrogens is 2. The maximum atomic E-state index is 13.0. The molecule has 2 amide bonds. The zero-order valence-corrected chi connectivity index (χ0v) is 20.5. The minimum atomic E-state index is -0.448. The number of halogens is 1. The summed E-state index contributed by atoms with van der Waals surface area (Å²) in [5.41, 5.74) is 3.76. The summed E-state index contributed by atoms with van der Waals surface area (Å²) in [5.74, 6) is 0.235. The number of ketones is 2. The first-order valence-electron chi connectivity index (χ1n) is 12.2. The number of hydrogen-bond donors (Lipinski definition) is 3. The van der Waals surface area contributed by atoms with Gasteiger partial charge in [-0.3, -0.25) is 20.0 Å². The van der Waals surface area contributed by atoms with Gasteiger partial charge in [0, 0.05) is 40.3 Å². The number of carbonyl (C=O) groups excluding carboxylic acids is 3. The summed E-state index contributed by atoms with van der Waals surface area (Å²) in [6, 6.07) is 22.7. The average Bonchev–Trinajstić information content (AvgIpc) is 3.36. The molecule has 5 aromatic rings. The van der Waals surface area contributed by atoms with Crippen molar-refractivity contribution >= 4 is 34.3 Å². The molecule has 192 valence electrons. The molecule has 0 unspecified atom stereocenters. The zero-order valence-electron chi connectivity index (χ0n) is 20.5. The Bertz CT molecular complexity index is 1760. The van der Waals surface area contributed by atoms with Crippen LogP contribution in [-0.2, 0) is 13.2 Å². The number of urea groups is 1. The predicted molar refractivity (Wildman–Crippen MR) is 142 cm³/mol. The molecule has 1 heterocycles. The summed E-state index contributed by atoms with van der Waals surface area (Å²) in [7, 11) is 0. The highest BCUT2D eigenvalue weighted by molar-refractivity contribution is 6.28. The van der Waals surface area contributed by atoms with Crippen LogP contribution in [0.25, 0.3) is 10.9 Å². The van der Waals surface area contributed by atoms with Gasteiger partial charge in [-0.05, 0) is 47.5 Å². The van der Waals surface area contributed by atoms with Crippen LogP contribution in [0.15, 0.2) is 84.9 Å². The molecule has 1 aliphatic carbocycles. The molecule has 0 spiro atoms. The number of H-pyrrole nitrogens is 1. The molecule has 3 N–H and O–H groups in total. The Balaban J connectivity index is 1.11. The Morgan fingerprint density at radius 1 is 0.821 bits per heavy atom. The van der Waals surface area contributed by atoms with E-state index < -0.39 is 6.03 Å². The Morgan fingerprint density at radius 3 is 2.28 bits per heavy atom. The van der Waals surface area contributed by atoms with Gasteiger partial charge in [-0.25, -0.2) is 9.18 Å². The van der Waals surface area contributed by atoms with E-state index in [1.54, 1.807) is 72.8 Å². The van der Waals surface area contributed by atoms with Crippen molar-refractivity contribution in [2.24, 2.45) is 0 Å². The minimum Gasteiger partial charge on any atom is -0.489 e. The van der Waals surface area contributed by atoms with Gasteiger partial charge in [-0.15, -0.1) is 0 Å². The van der Waals surface area contributed by atoms with Crippen molar-refractivity contribution < 1.29 is 23.5 Å². The number of carbonyl (C=O) groups is 3. The number of fused-ring (bicyclic) bond motifs is 3. The lowest BCUT2D eigenvalue weighted by Crippen LogP contribution is -2.28. The number of ether oxygens (including phenoxy) is 1. The second kappa shape index (κ2) is 9.86. The van der Waals surface area contributed by atoms with Gasteiger partial charge >= 0.3 is 6.03 Å². The maximum absolute atomic E-state index is 13.0. The number of aromatic amines is 1. The lowest BCUT2D eigenvalue weighted by Gasteiger charge is -2.18. The molecule has 0 fully saturated rings. The molecule has 4 aromatic carbocycles. The third-order valence-corrected chi connectivity index (χ3v) is 6.53. The Kier molecular flexibility index (Phi) is 6.08. The molecule has 6 rings (SSSR count). The standard InChI is InChI=1S/C30H21FN4O4/c31-19-8-5-17(6-9-19)15-32-30(38)33-29-24-12-10-20(14-26(24)34-35-29)39-16-18-7-11-23-25(13-18)28(37)22-4-2-1-3-21(22)27(23)36/h1-14H,15-16H2,(H3,32,33,34,35,38). The first-order chi connectivity index (χ1) is 19.0. The summed E-state index contributed by atoms with van der Waals surface area (Å²) >= 11 is 0. The van der Waals surface area contributed by atoms with E-state index in [2.05, 4.69) is 20.8 Å². The van der Waals surface area contributed by atoms with Crippen LogP contribution in [0.4, 0.5) is 15.0 Å². The Labute approximate surface area is 221 Å². The van der Waals surface area contributed by atoms with Crippen LogP contribution in [0.1, 0.15) is 43.0 Å². The van der Waals surface area contributed by atoms with Gasteiger partial charge in [0.05, 0.1) is 5.52 Å². The van der Waals surface area contributed by atoms with Crippen LogP contribution >= 0.6 is 0 Å². The van der Waals surface area contributed by atoms with E-state index in [9.17, 15) is 18.8 Å². The molecule has 0 atom stereocenters. The first-order valence-corrected chi connectivity index (χ1v) is 12.2. The van der Waals surface area contributed by atoms with Crippen LogP contribution in [-0.4, -0.2) is 27.8 Å². The summed E-state index contributed by atoms with van der Waals surface area (Å²) in [5, 5.41) is 13.1. The van der Waals surface area contributed by atoms with Crippen molar-refractivity contribution in [3.8, 4) is 5.75 Å². The second-order valence-corrected chi connectivity index (χ2v) is 9.09. The molecule has 0 bridgehead atoms. The first kappa shape index (κ1) is 24.1. The van der Waals surface area contributed by atoms with E-state index in [-0.39, 0.29) is 30.5 Å². The van der Waals surface area contributed by atoms with Gasteiger partial charge in [-0.1, -0.05) is 42.5 Å². The van der Waals surface area contributed by atoms with Gasteiger partial charge < -0.3 is 10.1 Å². The number of hydrogen-bond acceptors (Lipinski definition) is 5. The molecule has 0 saturated carbocycles. The summed E-state index contributed by atoms with van der Waals surface area (Å²) in [6.45, 7) is 0.425. The van der Waals surface area contributed by atoms with Crippen LogP contribution in [0.3, 0.4) is 0 Å². The van der Waals surface area contributed by atoms with E-state index in [1.165, 1.54) is 12.1 Å². The van der Waals surface area contributed by atoms with E-state index in [4.69, 9.17) is 4.74 Å². The number of nitrogens with one attached hydrogen (secondary N) is 3. The third-order valence-electron chi connectivity index (χ3n) is 6.53. The minimum absolute atomic E-state index is 0.161. The Morgan fingerprint density at radius 2 is 1.51 bits per heavy atom.